The minimum Gasteiger partial charge on any atom is -0.456 e. The first kappa shape index (κ1) is 34.3. The lowest BCUT2D eigenvalue weighted by Crippen LogP contribution is -2.15. The van der Waals surface area contributed by atoms with Crippen molar-refractivity contribution in [1.29, 1.82) is 0 Å². The van der Waals surface area contributed by atoms with Crippen molar-refractivity contribution in [3.63, 3.8) is 0 Å². The third kappa shape index (κ3) is 6.36. The number of benzene rings is 8. The minimum absolute atomic E-state index is 0.861. The van der Waals surface area contributed by atoms with Crippen LogP contribution in [0, 0.1) is 0 Å². The number of nitrogens with zero attached hydrogens (tertiary/aromatic N) is 1. The van der Waals surface area contributed by atoms with Gasteiger partial charge in [0, 0.05) is 33.9 Å². The molecule has 0 radical (unpaired) electrons. The molecule has 0 atom stereocenters. The zero-order valence-electron chi connectivity index (χ0n) is 31.9. The predicted molar refractivity (Wildman–Crippen MR) is 244 cm³/mol. The lowest BCUT2D eigenvalue weighted by molar-refractivity contribution is 0.669. The van der Waals surface area contributed by atoms with Gasteiger partial charge in [-0.05, 0) is 128 Å². The van der Waals surface area contributed by atoms with E-state index >= 15 is 0 Å². The molecule has 10 rings (SSSR count). The van der Waals surface area contributed by atoms with Gasteiger partial charge in [0.1, 0.15) is 11.2 Å². The first-order chi connectivity index (χ1) is 28.2. The van der Waals surface area contributed by atoms with Crippen LogP contribution in [0.5, 0.6) is 0 Å². The first-order valence-electron chi connectivity index (χ1n) is 19.9. The molecule has 1 aliphatic carbocycles. The van der Waals surface area contributed by atoms with Crippen LogP contribution in [0.1, 0.15) is 19.8 Å². The second-order valence-electron chi connectivity index (χ2n) is 14.7. The SMILES string of the molecule is C\C=C/C(=C\C=C\C1=CCCC=C1)N(c1ccc(-c2cc3ccccc3c3ccccc23)c(-c2cccc3ccccc23)c1)c1ccc2c(c1)oc1ccccc12. The van der Waals surface area contributed by atoms with E-state index in [4.69, 9.17) is 4.42 Å². The summed E-state index contributed by atoms with van der Waals surface area (Å²) in [4.78, 5) is 2.36. The maximum atomic E-state index is 6.48. The lowest BCUT2D eigenvalue weighted by atomic mass is 9.87. The molecule has 0 saturated heterocycles. The van der Waals surface area contributed by atoms with Gasteiger partial charge in [-0.15, -0.1) is 0 Å². The molecule has 0 unspecified atom stereocenters. The van der Waals surface area contributed by atoms with Crippen molar-refractivity contribution in [1.82, 2.24) is 0 Å². The van der Waals surface area contributed by atoms with Crippen molar-refractivity contribution in [2.45, 2.75) is 19.8 Å². The molecule has 0 aliphatic heterocycles. The summed E-state index contributed by atoms with van der Waals surface area (Å²) in [6.07, 6.45) is 19.8. The summed E-state index contributed by atoms with van der Waals surface area (Å²) in [6.45, 7) is 2.08. The number of hydrogen-bond acceptors (Lipinski definition) is 2. The zero-order chi connectivity index (χ0) is 38.1. The van der Waals surface area contributed by atoms with Crippen molar-refractivity contribution < 1.29 is 4.42 Å². The number of anilines is 2. The molecule has 1 aliphatic rings. The second kappa shape index (κ2) is 14.8. The Bertz CT molecular complexity index is 3140. The molecular weight excluding hydrogens is 691 g/mol. The standard InChI is InChI=1S/C55H41NO/c1-2-16-41(23-14-19-38-17-4-3-5-18-38)56(43-32-34-51-50-28-12-13-30-54(50)57-55(51)37-43)42-31-33-49(53(36-42)47-29-15-22-39-20-6-8-24-44(39)47)52-35-40-21-7-9-25-45(40)46-26-10-11-27-48(46)52/h2,4,6-37H,3,5H2,1H3/b16-2-,19-14+,41-23+. The Kier molecular flexibility index (Phi) is 8.93. The van der Waals surface area contributed by atoms with Crippen LogP contribution in [0.25, 0.3) is 76.5 Å². The summed E-state index contributed by atoms with van der Waals surface area (Å²) in [5.41, 5.74) is 10.9. The molecule has 0 amide bonds. The molecule has 8 aromatic carbocycles. The molecule has 57 heavy (non-hydrogen) atoms. The van der Waals surface area contributed by atoms with Gasteiger partial charge < -0.3 is 9.32 Å². The average molecular weight is 732 g/mol. The van der Waals surface area contributed by atoms with Crippen LogP contribution in [0.4, 0.5) is 11.4 Å². The summed E-state index contributed by atoms with van der Waals surface area (Å²) in [7, 11) is 0. The van der Waals surface area contributed by atoms with Crippen molar-refractivity contribution in [2.24, 2.45) is 0 Å². The summed E-state index contributed by atoms with van der Waals surface area (Å²) < 4.78 is 6.48. The zero-order valence-corrected chi connectivity index (χ0v) is 31.9. The van der Waals surface area contributed by atoms with E-state index in [9.17, 15) is 0 Å². The van der Waals surface area contributed by atoms with E-state index in [2.05, 4.69) is 206 Å². The molecule has 0 bridgehead atoms. The van der Waals surface area contributed by atoms with Crippen LogP contribution in [-0.4, -0.2) is 0 Å². The Labute approximate surface area is 333 Å². The number of rotatable bonds is 8. The van der Waals surface area contributed by atoms with E-state index in [0.29, 0.717) is 0 Å². The summed E-state index contributed by atoms with van der Waals surface area (Å²) >= 11 is 0. The van der Waals surface area contributed by atoms with Crippen LogP contribution in [-0.2, 0) is 0 Å². The van der Waals surface area contributed by atoms with E-state index in [0.717, 1.165) is 51.9 Å². The maximum absolute atomic E-state index is 6.48. The van der Waals surface area contributed by atoms with Crippen LogP contribution >= 0.6 is 0 Å². The Morgan fingerprint density at radius 2 is 1.23 bits per heavy atom. The Morgan fingerprint density at radius 1 is 0.526 bits per heavy atom. The van der Waals surface area contributed by atoms with Gasteiger partial charge in [-0.2, -0.15) is 0 Å². The molecular formula is C55H41NO. The van der Waals surface area contributed by atoms with Gasteiger partial charge >= 0.3 is 0 Å². The van der Waals surface area contributed by atoms with Gasteiger partial charge in [0.05, 0.1) is 0 Å². The fourth-order valence-corrected chi connectivity index (χ4v) is 8.56. The van der Waals surface area contributed by atoms with Crippen LogP contribution in [0.2, 0.25) is 0 Å². The van der Waals surface area contributed by atoms with Gasteiger partial charge in [0.25, 0.3) is 0 Å². The van der Waals surface area contributed by atoms with Gasteiger partial charge in [0.2, 0.25) is 0 Å². The highest BCUT2D eigenvalue weighted by atomic mass is 16.3. The van der Waals surface area contributed by atoms with Crippen LogP contribution in [0.3, 0.4) is 0 Å². The largest absolute Gasteiger partial charge is 0.456 e. The molecule has 0 saturated carbocycles. The van der Waals surface area contributed by atoms with Crippen molar-refractivity contribution in [2.75, 3.05) is 4.90 Å². The smallest absolute Gasteiger partial charge is 0.137 e. The number of para-hydroxylation sites is 1. The van der Waals surface area contributed by atoms with E-state index in [1.165, 1.54) is 60.1 Å². The van der Waals surface area contributed by atoms with E-state index in [-0.39, 0.29) is 0 Å². The average Bonchev–Trinajstić information content (AvgIpc) is 3.64. The Hall–Kier alpha value is -7.16. The maximum Gasteiger partial charge on any atom is 0.137 e. The molecule has 1 aromatic heterocycles. The normalized spacial score (nSPS) is 13.6. The first-order valence-corrected chi connectivity index (χ1v) is 19.9. The monoisotopic (exact) mass is 731 g/mol. The molecule has 2 nitrogen and oxygen atoms in total. The third-order valence-corrected chi connectivity index (χ3v) is 11.2. The minimum atomic E-state index is 0.861. The highest BCUT2D eigenvalue weighted by Gasteiger charge is 2.20. The molecule has 2 heteroatoms. The number of allylic oxidation sites excluding steroid dienone is 9. The predicted octanol–water partition coefficient (Wildman–Crippen LogP) is 15.8. The fraction of sp³-hybridized carbons (Fsp3) is 0.0545. The van der Waals surface area contributed by atoms with Gasteiger partial charge in [-0.25, -0.2) is 0 Å². The van der Waals surface area contributed by atoms with Gasteiger partial charge in [-0.3, -0.25) is 0 Å². The Balaban J connectivity index is 1.24. The highest BCUT2D eigenvalue weighted by Crippen LogP contribution is 2.45. The molecule has 0 spiro atoms. The summed E-state index contributed by atoms with van der Waals surface area (Å²) in [5.74, 6) is 0. The second-order valence-corrected chi connectivity index (χ2v) is 14.7. The quantitative estimate of drug-likeness (QED) is 0.114. The molecule has 9 aromatic rings. The number of furan rings is 1. The van der Waals surface area contributed by atoms with Gasteiger partial charge in [-0.1, -0.05) is 152 Å². The lowest BCUT2D eigenvalue weighted by Gasteiger charge is -2.28. The topological polar surface area (TPSA) is 16.4 Å². The molecule has 1 heterocycles. The molecule has 0 fully saturated rings. The van der Waals surface area contributed by atoms with Crippen molar-refractivity contribution in [3.8, 4) is 22.3 Å². The number of hydrogen-bond donors (Lipinski definition) is 0. The summed E-state index contributed by atoms with van der Waals surface area (Å²) in [6, 6.07) is 57.2. The van der Waals surface area contributed by atoms with E-state index in [1.54, 1.807) is 0 Å². The van der Waals surface area contributed by atoms with E-state index in [1.807, 2.05) is 12.1 Å². The molecule has 0 N–H and O–H groups in total. The van der Waals surface area contributed by atoms with Crippen LogP contribution in [0.15, 0.2) is 222 Å². The summed E-state index contributed by atoms with van der Waals surface area (Å²) in [5, 5.41) is 9.66. The van der Waals surface area contributed by atoms with Crippen LogP contribution < -0.4 is 4.90 Å². The Morgan fingerprint density at radius 3 is 2.07 bits per heavy atom. The third-order valence-electron chi connectivity index (χ3n) is 11.2. The molecule has 272 valence electrons. The highest BCUT2D eigenvalue weighted by molar-refractivity contribution is 6.16. The van der Waals surface area contributed by atoms with Gasteiger partial charge in [0.15, 0.2) is 0 Å². The van der Waals surface area contributed by atoms with Crippen molar-refractivity contribution in [3.05, 3.63) is 218 Å². The van der Waals surface area contributed by atoms with E-state index < -0.39 is 0 Å². The number of fused-ring (bicyclic) bond motifs is 7. The van der Waals surface area contributed by atoms with Crippen molar-refractivity contribution >= 4 is 65.6 Å². The fourth-order valence-electron chi connectivity index (χ4n) is 8.56.